The van der Waals surface area contributed by atoms with E-state index in [9.17, 15) is 0 Å². The van der Waals surface area contributed by atoms with E-state index in [1.54, 1.807) is 13.2 Å². The summed E-state index contributed by atoms with van der Waals surface area (Å²) >= 11 is 0. The van der Waals surface area contributed by atoms with E-state index in [2.05, 4.69) is 4.98 Å². The summed E-state index contributed by atoms with van der Waals surface area (Å²) in [4.78, 5) is 2.95. The maximum absolute atomic E-state index is 8.39. The topological polar surface area (TPSA) is 74.8 Å². The van der Waals surface area contributed by atoms with Crippen LogP contribution in [0.1, 0.15) is 18.2 Å². The quantitative estimate of drug-likeness (QED) is 0.699. The molecule has 0 saturated heterocycles. The smallest absolute Gasteiger partial charge is 0.190 e. The molecule has 0 aliphatic rings. The lowest BCUT2D eigenvalue weighted by Gasteiger charge is -2.03. The lowest BCUT2D eigenvalue weighted by atomic mass is 10.2. The standard InChI is InChI=1S/C8H11N3O/c1-12-8-3-2-7(11-8)6(10)4-5-9/h2-3,6,11H,4,10H2,1H3/t6-/m1/s1. The molecule has 0 spiro atoms. The fourth-order valence-electron chi connectivity index (χ4n) is 0.935. The Labute approximate surface area is 70.9 Å². The average Bonchev–Trinajstić information content (AvgIpc) is 2.52. The van der Waals surface area contributed by atoms with Gasteiger partial charge in [0.05, 0.1) is 25.6 Å². The number of nitrogens with two attached hydrogens (primary N) is 1. The SMILES string of the molecule is COc1ccc([C@H](N)CC#N)[nH]1. The molecule has 1 atom stereocenters. The Bertz CT molecular complexity index is 287. The van der Waals surface area contributed by atoms with Gasteiger partial charge in [-0.1, -0.05) is 0 Å². The van der Waals surface area contributed by atoms with E-state index < -0.39 is 0 Å². The van der Waals surface area contributed by atoms with Crippen LogP contribution in [0, 0.1) is 11.3 Å². The van der Waals surface area contributed by atoms with E-state index >= 15 is 0 Å². The predicted molar refractivity (Wildman–Crippen MR) is 44.5 cm³/mol. The van der Waals surface area contributed by atoms with Crippen molar-refractivity contribution in [3.8, 4) is 11.9 Å². The van der Waals surface area contributed by atoms with Crippen molar-refractivity contribution in [2.45, 2.75) is 12.5 Å². The minimum Gasteiger partial charge on any atom is -0.482 e. The summed E-state index contributed by atoms with van der Waals surface area (Å²) in [5, 5.41) is 8.39. The van der Waals surface area contributed by atoms with Gasteiger partial charge in [-0.2, -0.15) is 5.26 Å². The molecule has 0 unspecified atom stereocenters. The molecule has 0 radical (unpaired) electrons. The van der Waals surface area contributed by atoms with Gasteiger partial charge in [0.1, 0.15) is 0 Å². The van der Waals surface area contributed by atoms with Crippen molar-refractivity contribution in [2.24, 2.45) is 5.73 Å². The van der Waals surface area contributed by atoms with E-state index in [0.29, 0.717) is 12.3 Å². The number of H-pyrrole nitrogens is 1. The first-order valence-corrected chi connectivity index (χ1v) is 3.63. The van der Waals surface area contributed by atoms with Crippen LogP contribution in [0.25, 0.3) is 0 Å². The maximum atomic E-state index is 8.39. The van der Waals surface area contributed by atoms with Gasteiger partial charge in [-0.25, -0.2) is 0 Å². The van der Waals surface area contributed by atoms with E-state index in [1.165, 1.54) is 0 Å². The van der Waals surface area contributed by atoms with Crippen molar-refractivity contribution in [2.75, 3.05) is 7.11 Å². The maximum Gasteiger partial charge on any atom is 0.190 e. The molecule has 1 aromatic rings. The molecule has 3 N–H and O–H groups in total. The van der Waals surface area contributed by atoms with E-state index in [1.807, 2.05) is 12.1 Å². The number of rotatable bonds is 3. The average molecular weight is 165 g/mol. The third-order valence-electron chi connectivity index (χ3n) is 1.61. The number of hydrogen-bond donors (Lipinski definition) is 2. The first-order chi connectivity index (χ1) is 5.77. The first kappa shape index (κ1) is 8.62. The van der Waals surface area contributed by atoms with Crippen LogP contribution in [0.5, 0.6) is 5.88 Å². The summed E-state index contributed by atoms with van der Waals surface area (Å²) in [5.41, 5.74) is 6.49. The van der Waals surface area contributed by atoms with Crippen molar-refractivity contribution in [3.63, 3.8) is 0 Å². The van der Waals surface area contributed by atoms with Crippen LogP contribution in [0.15, 0.2) is 12.1 Å². The fraction of sp³-hybridized carbons (Fsp3) is 0.375. The van der Waals surface area contributed by atoms with Crippen LogP contribution in [0.4, 0.5) is 0 Å². The molecule has 64 valence electrons. The Morgan fingerprint density at radius 2 is 2.50 bits per heavy atom. The highest BCUT2D eigenvalue weighted by Crippen LogP contribution is 2.16. The van der Waals surface area contributed by atoms with Crippen LogP contribution in [0.2, 0.25) is 0 Å². The molecule has 4 heteroatoms. The zero-order valence-electron chi connectivity index (χ0n) is 6.87. The molecular formula is C8H11N3O. The van der Waals surface area contributed by atoms with Crippen LogP contribution in [-0.2, 0) is 0 Å². The zero-order valence-corrected chi connectivity index (χ0v) is 6.87. The number of ether oxygens (including phenoxy) is 1. The van der Waals surface area contributed by atoms with Crippen molar-refractivity contribution in [3.05, 3.63) is 17.8 Å². The van der Waals surface area contributed by atoms with E-state index in [-0.39, 0.29) is 6.04 Å². The summed E-state index contributed by atoms with van der Waals surface area (Å²) < 4.78 is 4.93. The monoisotopic (exact) mass is 165 g/mol. The lowest BCUT2D eigenvalue weighted by molar-refractivity contribution is 0.399. The largest absolute Gasteiger partial charge is 0.482 e. The number of nitriles is 1. The second kappa shape index (κ2) is 3.79. The van der Waals surface area contributed by atoms with Crippen molar-refractivity contribution >= 4 is 0 Å². The normalized spacial score (nSPS) is 12.1. The molecule has 1 aromatic heterocycles. The molecule has 0 amide bonds. The molecule has 1 heterocycles. The number of aromatic amines is 1. The van der Waals surface area contributed by atoms with Gasteiger partial charge in [0.2, 0.25) is 0 Å². The second-order valence-electron chi connectivity index (χ2n) is 2.45. The Kier molecular flexibility index (Phi) is 2.72. The Balaban J connectivity index is 2.69. The summed E-state index contributed by atoms with van der Waals surface area (Å²) in [6.45, 7) is 0. The minimum absolute atomic E-state index is 0.251. The molecule has 0 bridgehead atoms. The molecule has 0 aromatic carbocycles. The van der Waals surface area contributed by atoms with Gasteiger partial charge in [-0.05, 0) is 12.1 Å². The summed E-state index contributed by atoms with van der Waals surface area (Å²) in [6.07, 6.45) is 0.309. The summed E-state index contributed by atoms with van der Waals surface area (Å²) in [6, 6.07) is 5.36. The van der Waals surface area contributed by atoms with Gasteiger partial charge < -0.3 is 15.5 Å². The zero-order chi connectivity index (χ0) is 8.97. The number of aromatic nitrogens is 1. The van der Waals surface area contributed by atoms with Crippen LogP contribution < -0.4 is 10.5 Å². The van der Waals surface area contributed by atoms with E-state index in [4.69, 9.17) is 15.7 Å². The molecule has 12 heavy (non-hydrogen) atoms. The van der Waals surface area contributed by atoms with E-state index in [0.717, 1.165) is 5.69 Å². The molecule has 0 fully saturated rings. The van der Waals surface area contributed by atoms with Gasteiger partial charge in [-0.15, -0.1) is 0 Å². The van der Waals surface area contributed by atoms with Crippen LogP contribution in [0.3, 0.4) is 0 Å². The number of nitrogens with zero attached hydrogens (tertiary/aromatic N) is 1. The fourth-order valence-corrected chi connectivity index (χ4v) is 0.935. The summed E-state index contributed by atoms with van der Waals surface area (Å²) in [5.74, 6) is 0.665. The number of hydrogen-bond acceptors (Lipinski definition) is 3. The Morgan fingerprint density at radius 1 is 1.75 bits per heavy atom. The highest BCUT2D eigenvalue weighted by molar-refractivity contribution is 5.20. The lowest BCUT2D eigenvalue weighted by Crippen LogP contribution is -2.09. The van der Waals surface area contributed by atoms with Gasteiger partial charge in [0, 0.05) is 5.69 Å². The van der Waals surface area contributed by atoms with Crippen molar-refractivity contribution in [1.82, 2.24) is 4.98 Å². The second-order valence-corrected chi connectivity index (χ2v) is 2.45. The first-order valence-electron chi connectivity index (χ1n) is 3.63. The van der Waals surface area contributed by atoms with Gasteiger partial charge in [0.25, 0.3) is 0 Å². The number of methoxy groups -OCH3 is 1. The highest BCUT2D eigenvalue weighted by atomic mass is 16.5. The molecule has 0 aliphatic heterocycles. The van der Waals surface area contributed by atoms with Gasteiger partial charge in [-0.3, -0.25) is 0 Å². The molecule has 1 rings (SSSR count). The highest BCUT2D eigenvalue weighted by Gasteiger charge is 2.07. The number of nitrogens with one attached hydrogen (secondary N) is 1. The van der Waals surface area contributed by atoms with Crippen LogP contribution in [-0.4, -0.2) is 12.1 Å². The molecule has 0 saturated carbocycles. The van der Waals surface area contributed by atoms with Gasteiger partial charge >= 0.3 is 0 Å². The molecule has 4 nitrogen and oxygen atoms in total. The third kappa shape index (κ3) is 1.77. The molecular weight excluding hydrogens is 154 g/mol. The molecule has 0 aliphatic carbocycles. The Hall–Kier alpha value is -1.47. The minimum atomic E-state index is -0.251. The third-order valence-corrected chi connectivity index (χ3v) is 1.61. The van der Waals surface area contributed by atoms with Gasteiger partial charge in [0.15, 0.2) is 5.88 Å². The van der Waals surface area contributed by atoms with Crippen LogP contribution >= 0.6 is 0 Å². The predicted octanol–water partition coefficient (Wildman–Crippen LogP) is 0.937. The Morgan fingerprint density at radius 3 is 3.00 bits per heavy atom. The van der Waals surface area contributed by atoms with Crippen molar-refractivity contribution < 1.29 is 4.74 Å². The summed E-state index contributed by atoms with van der Waals surface area (Å²) in [7, 11) is 1.57. The van der Waals surface area contributed by atoms with Crippen molar-refractivity contribution in [1.29, 1.82) is 5.26 Å².